The predicted molar refractivity (Wildman–Crippen MR) is 104 cm³/mol. The number of nitrogens with zero attached hydrogens (tertiary/aromatic N) is 6. The lowest BCUT2D eigenvalue weighted by Gasteiger charge is -2.36. The fourth-order valence-corrected chi connectivity index (χ4v) is 3.86. The van der Waals surface area contributed by atoms with Crippen LogP contribution in [-0.4, -0.2) is 43.5 Å². The van der Waals surface area contributed by atoms with Crippen LogP contribution >= 0.6 is 0 Å². The number of carbonyl (C=O) groups is 1. The van der Waals surface area contributed by atoms with Crippen LogP contribution in [0.5, 0.6) is 0 Å². The Morgan fingerprint density at radius 2 is 2.21 bits per heavy atom. The molecule has 7 nitrogen and oxygen atoms in total. The number of rotatable bonds is 4. The van der Waals surface area contributed by atoms with Gasteiger partial charge in [-0.05, 0) is 36.8 Å². The van der Waals surface area contributed by atoms with Gasteiger partial charge >= 0.3 is 0 Å². The number of nitriles is 1. The van der Waals surface area contributed by atoms with Crippen molar-refractivity contribution in [3.63, 3.8) is 0 Å². The van der Waals surface area contributed by atoms with E-state index in [4.69, 9.17) is 10.2 Å². The molecule has 28 heavy (non-hydrogen) atoms. The average molecular weight is 374 g/mol. The van der Waals surface area contributed by atoms with E-state index in [0.29, 0.717) is 18.4 Å². The molecule has 142 valence electrons. The molecule has 7 heteroatoms. The molecule has 0 aromatic carbocycles. The van der Waals surface area contributed by atoms with Crippen molar-refractivity contribution in [2.24, 2.45) is 11.8 Å². The van der Waals surface area contributed by atoms with Crippen molar-refractivity contribution >= 4 is 11.4 Å². The van der Waals surface area contributed by atoms with Crippen LogP contribution in [0.2, 0.25) is 0 Å². The van der Waals surface area contributed by atoms with Crippen LogP contribution in [0, 0.1) is 23.2 Å². The van der Waals surface area contributed by atoms with E-state index in [0.717, 1.165) is 41.9 Å². The summed E-state index contributed by atoms with van der Waals surface area (Å²) in [5.41, 5.74) is 3.67. The minimum Gasteiger partial charge on any atom is -0.341 e. The second-order valence-corrected chi connectivity index (χ2v) is 7.39. The molecule has 4 heterocycles. The number of carbonyl (C=O) groups excluding carboxylic acids is 1. The Morgan fingerprint density at radius 3 is 3.07 bits per heavy atom. The highest BCUT2D eigenvalue weighted by molar-refractivity contribution is 5.78. The third-order valence-electron chi connectivity index (χ3n) is 5.56. The first kappa shape index (κ1) is 18.1. The van der Waals surface area contributed by atoms with Gasteiger partial charge in [0.05, 0.1) is 35.4 Å². The molecule has 1 aliphatic rings. The molecule has 0 saturated carbocycles. The molecule has 1 fully saturated rings. The molecule has 1 amide bonds. The second-order valence-electron chi connectivity index (χ2n) is 7.39. The van der Waals surface area contributed by atoms with Crippen molar-refractivity contribution in [1.82, 2.24) is 24.5 Å². The summed E-state index contributed by atoms with van der Waals surface area (Å²) in [5, 5.41) is 13.2. The zero-order chi connectivity index (χ0) is 19.5. The summed E-state index contributed by atoms with van der Waals surface area (Å²) in [6.45, 7) is 3.62. The minimum atomic E-state index is -0.0782. The maximum Gasteiger partial charge on any atom is 0.236 e. The number of likely N-dealkylation sites (tertiary alicyclic amines) is 1. The highest BCUT2D eigenvalue weighted by Gasteiger charge is 2.29. The van der Waals surface area contributed by atoms with Crippen molar-refractivity contribution in [2.75, 3.05) is 13.1 Å². The SMILES string of the molecule is C[C@@H]1CCN(C(=O)CC#N)CC1Cc1cncc(-c2cnn3ccccc23)n1. The highest BCUT2D eigenvalue weighted by Crippen LogP contribution is 2.28. The van der Waals surface area contributed by atoms with Crippen LogP contribution in [0.3, 0.4) is 0 Å². The van der Waals surface area contributed by atoms with Crippen LogP contribution in [0.4, 0.5) is 0 Å². The average Bonchev–Trinajstić information content (AvgIpc) is 3.14. The molecule has 0 spiro atoms. The molecule has 2 atom stereocenters. The van der Waals surface area contributed by atoms with Crippen LogP contribution in [0.15, 0.2) is 43.0 Å². The van der Waals surface area contributed by atoms with Crippen molar-refractivity contribution in [3.05, 3.63) is 48.7 Å². The van der Waals surface area contributed by atoms with Gasteiger partial charge in [-0.2, -0.15) is 10.4 Å². The van der Waals surface area contributed by atoms with E-state index in [9.17, 15) is 4.79 Å². The van der Waals surface area contributed by atoms with Crippen molar-refractivity contribution < 1.29 is 4.79 Å². The Bertz CT molecular complexity index is 1040. The Hall–Kier alpha value is -3.27. The fourth-order valence-electron chi connectivity index (χ4n) is 3.86. The topological polar surface area (TPSA) is 87.2 Å². The lowest BCUT2D eigenvalue weighted by atomic mass is 9.84. The minimum absolute atomic E-state index is 0.0505. The number of fused-ring (bicyclic) bond motifs is 1. The Morgan fingerprint density at radius 1 is 1.32 bits per heavy atom. The summed E-state index contributed by atoms with van der Waals surface area (Å²) in [7, 11) is 0. The van der Waals surface area contributed by atoms with E-state index in [-0.39, 0.29) is 12.3 Å². The van der Waals surface area contributed by atoms with E-state index >= 15 is 0 Å². The predicted octanol–water partition coefficient (Wildman–Crippen LogP) is 2.73. The monoisotopic (exact) mass is 374 g/mol. The van der Waals surface area contributed by atoms with E-state index in [1.165, 1.54) is 0 Å². The molecule has 1 unspecified atom stereocenters. The first-order chi connectivity index (χ1) is 13.7. The maximum atomic E-state index is 12.1. The van der Waals surface area contributed by atoms with Gasteiger partial charge in [0.2, 0.25) is 5.91 Å². The zero-order valence-electron chi connectivity index (χ0n) is 15.8. The fraction of sp³-hybridized carbons (Fsp3) is 0.381. The van der Waals surface area contributed by atoms with E-state index in [1.54, 1.807) is 12.4 Å². The zero-order valence-corrected chi connectivity index (χ0v) is 15.8. The lowest BCUT2D eigenvalue weighted by Crippen LogP contribution is -2.43. The molecule has 0 bridgehead atoms. The summed E-state index contributed by atoms with van der Waals surface area (Å²) in [6, 6.07) is 7.89. The molecule has 0 N–H and O–H groups in total. The quantitative estimate of drug-likeness (QED) is 0.701. The third-order valence-corrected chi connectivity index (χ3v) is 5.56. The van der Waals surface area contributed by atoms with Crippen LogP contribution in [0.25, 0.3) is 16.8 Å². The maximum absolute atomic E-state index is 12.1. The summed E-state index contributed by atoms with van der Waals surface area (Å²) < 4.78 is 1.82. The Balaban J connectivity index is 1.55. The molecule has 1 saturated heterocycles. The van der Waals surface area contributed by atoms with Gasteiger partial charge in [0.15, 0.2) is 0 Å². The number of hydrogen-bond acceptors (Lipinski definition) is 5. The third kappa shape index (κ3) is 3.58. The van der Waals surface area contributed by atoms with Crippen LogP contribution < -0.4 is 0 Å². The lowest BCUT2D eigenvalue weighted by molar-refractivity contribution is -0.132. The van der Waals surface area contributed by atoms with Gasteiger partial charge < -0.3 is 4.90 Å². The highest BCUT2D eigenvalue weighted by atomic mass is 16.2. The van der Waals surface area contributed by atoms with Crippen LogP contribution in [0.1, 0.15) is 25.5 Å². The van der Waals surface area contributed by atoms with Crippen LogP contribution in [-0.2, 0) is 11.2 Å². The molecule has 0 radical (unpaired) electrons. The molecule has 1 aliphatic heterocycles. The van der Waals surface area contributed by atoms with Gasteiger partial charge in [-0.1, -0.05) is 13.0 Å². The number of amides is 1. The Kier molecular flexibility index (Phi) is 5.02. The van der Waals surface area contributed by atoms with E-state index < -0.39 is 0 Å². The van der Waals surface area contributed by atoms with Gasteiger partial charge in [-0.3, -0.25) is 9.78 Å². The van der Waals surface area contributed by atoms with Gasteiger partial charge in [0.1, 0.15) is 6.42 Å². The van der Waals surface area contributed by atoms with Crippen molar-refractivity contribution in [1.29, 1.82) is 5.26 Å². The first-order valence-corrected chi connectivity index (χ1v) is 9.54. The molecular formula is C21H22N6O. The van der Waals surface area contributed by atoms with E-state index in [1.807, 2.05) is 46.1 Å². The second kappa shape index (κ2) is 7.77. The van der Waals surface area contributed by atoms with Gasteiger partial charge in [-0.15, -0.1) is 0 Å². The standard InChI is InChI=1S/C21H22N6O/c1-15-6-9-26(21(28)5-7-22)14-16(15)10-17-11-23-13-19(25-17)18-12-24-27-8-3-2-4-20(18)27/h2-4,8,11-13,15-16H,5-6,9-10,14H2,1H3/t15-,16?/m1/s1. The summed E-state index contributed by atoms with van der Waals surface area (Å²) in [4.78, 5) is 23.1. The smallest absolute Gasteiger partial charge is 0.236 e. The number of aromatic nitrogens is 4. The van der Waals surface area contributed by atoms with Crippen molar-refractivity contribution in [2.45, 2.75) is 26.2 Å². The molecular weight excluding hydrogens is 352 g/mol. The van der Waals surface area contributed by atoms with E-state index in [2.05, 4.69) is 17.0 Å². The molecule has 3 aromatic heterocycles. The Labute approximate surface area is 163 Å². The summed E-state index contributed by atoms with van der Waals surface area (Å²) in [5.74, 6) is 0.726. The number of piperidine rings is 1. The normalized spacial score (nSPS) is 19.5. The summed E-state index contributed by atoms with van der Waals surface area (Å²) in [6.07, 6.45) is 8.95. The molecule has 4 rings (SSSR count). The molecule has 0 aliphatic carbocycles. The van der Waals surface area contributed by atoms with Gasteiger partial charge in [0, 0.05) is 31.0 Å². The van der Waals surface area contributed by atoms with Gasteiger partial charge in [-0.25, -0.2) is 9.50 Å². The van der Waals surface area contributed by atoms with Crippen molar-refractivity contribution in [3.8, 4) is 17.3 Å². The largest absolute Gasteiger partial charge is 0.341 e. The first-order valence-electron chi connectivity index (χ1n) is 9.54. The summed E-state index contributed by atoms with van der Waals surface area (Å²) >= 11 is 0. The molecule has 3 aromatic rings. The number of hydrogen-bond donors (Lipinski definition) is 0. The van der Waals surface area contributed by atoms with Gasteiger partial charge in [0.25, 0.3) is 0 Å². The number of pyridine rings is 1.